The highest BCUT2D eigenvalue weighted by Gasteiger charge is 2.11. The molecular formula is C14H21NO3S. The summed E-state index contributed by atoms with van der Waals surface area (Å²) in [5, 5.41) is 3.25. The molecule has 0 saturated heterocycles. The average molecular weight is 283 g/mol. The van der Waals surface area contributed by atoms with Crippen LogP contribution >= 0.6 is 11.8 Å². The van der Waals surface area contributed by atoms with E-state index in [4.69, 9.17) is 9.47 Å². The zero-order valence-electron chi connectivity index (χ0n) is 11.6. The van der Waals surface area contributed by atoms with E-state index in [0.29, 0.717) is 12.4 Å². The Morgan fingerprint density at radius 2 is 2.05 bits per heavy atom. The molecule has 0 aliphatic heterocycles. The molecule has 1 rings (SSSR count). The van der Waals surface area contributed by atoms with Gasteiger partial charge in [0.05, 0.1) is 19.5 Å². The van der Waals surface area contributed by atoms with E-state index in [9.17, 15) is 4.79 Å². The molecule has 0 radical (unpaired) electrons. The van der Waals surface area contributed by atoms with Crippen molar-refractivity contribution in [3.05, 3.63) is 29.8 Å². The van der Waals surface area contributed by atoms with Gasteiger partial charge in [-0.05, 0) is 31.7 Å². The maximum atomic E-state index is 11.3. The number of carbonyl (C=O) groups is 1. The molecule has 4 nitrogen and oxygen atoms in total. The summed E-state index contributed by atoms with van der Waals surface area (Å²) in [5.41, 5.74) is 1.18. The van der Waals surface area contributed by atoms with Crippen molar-refractivity contribution < 1.29 is 14.3 Å². The molecule has 0 aliphatic rings. The second kappa shape index (κ2) is 8.82. The van der Waals surface area contributed by atoms with Crippen LogP contribution < -0.4 is 10.1 Å². The van der Waals surface area contributed by atoms with Gasteiger partial charge in [0.15, 0.2) is 0 Å². The fourth-order valence-electron chi connectivity index (χ4n) is 1.65. The molecular weight excluding hydrogens is 262 g/mol. The highest BCUT2D eigenvalue weighted by Crippen LogP contribution is 2.21. The highest BCUT2D eigenvalue weighted by atomic mass is 32.2. The third-order valence-electron chi connectivity index (χ3n) is 2.68. The van der Waals surface area contributed by atoms with Crippen LogP contribution in [0.3, 0.4) is 0 Å². The maximum Gasteiger partial charge on any atom is 0.315 e. The Morgan fingerprint density at radius 3 is 2.58 bits per heavy atom. The summed E-state index contributed by atoms with van der Waals surface area (Å²) in [7, 11) is 3.57. The summed E-state index contributed by atoms with van der Waals surface area (Å²) < 4.78 is 10.0. The standard InChI is InChI=1S/C14H21NO3S/c1-4-18-14(16)10-19-9-13(15-2)11-5-7-12(17-3)8-6-11/h5-8,13,15H,4,9-10H2,1-3H3. The molecule has 0 fully saturated rings. The van der Waals surface area contributed by atoms with Crippen molar-refractivity contribution in [3.63, 3.8) is 0 Å². The van der Waals surface area contributed by atoms with Crippen LogP contribution in [0.15, 0.2) is 24.3 Å². The number of ether oxygens (including phenoxy) is 2. The van der Waals surface area contributed by atoms with E-state index in [-0.39, 0.29) is 12.0 Å². The van der Waals surface area contributed by atoms with Crippen LogP contribution in [0.2, 0.25) is 0 Å². The minimum Gasteiger partial charge on any atom is -0.497 e. The molecule has 19 heavy (non-hydrogen) atoms. The van der Waals surface area contributed by atoms with Crippen molar-refractivity contribution in [2.45, 2.75) is 13.0 Å². The van der Waals surface area contributed by atoms with Crippen molar-refractivity contribution in [1.29, 1.82) is 0 Å². The molecule has 0 aliphatic carbocycles. The van der Waals surface area contributed by atoms with Gasteiger partial charge in [-0.1, -0.05) is 12.1 Å². The van der Waals surface area contributed by atoms with Crippen molar-refractivity contribution in [2.24, 2.45) is 0 Å². The molecule has 0 bridgehead atoms. The van der Waals surface area contributed by atoms with Gasteiger partial charge in [-0.3, -0.25) is 4.79 Å². The van der Waals surface area contributed by atoms with Crippen LogP contribution in [0.5, 0.6) is 5.75 Å². The fourth-order valence-corrected chi connectivity index (χ4v) is 2.61. The molecule has 0 amide bonds. The number of methoxy groups -OCH3 is 1. The molecule has 1 atom stereocenters. The largest absolute Gasteiger partial charge is 0.497 e. The Balaban J connectivity index is 2.46. The topological polar surface area (TPSA) is 47.6 Å². The zero-order valence-corrected chi connectivity index (χ0v) is 12.5. The quantitative estimate of drug-likeness (QED) is 0.742. The Bertz CT molecular complexity index is 381. The number of rotatable bonds is 8. The van der Waals surface area contributed by atoms with Crippen LogP contribution in [0.25, 0.3) is 0 Å². The number of thioether (sulfide) groups is 1. The van der Waals surface area contributed by atoms with Gasteiger partial charge in [0.2, 0.25) is 0 Å². The van der Waals surface area contributed by atoms with Crippen molar-refractivity contribution in [3.8, 4) is 5.75 Å². The lowest BCUT2D eigenvalue weighted by atomic mass is 10.1. The van der Waals surface area contributed by atoms with E-state index in [0.717, 1.165) is 11.5 Å². The summed E-state index contributed by atoms with van der Waals surface area (Å²) in [4.78, 5) is 11.3. The van der Waals surface area contributed by atoms with Crippen molar-refractivity contribution in [2.75, 3.05) is 32.3 Å². The fraction of sp³-hybridized carbons (Fsp3) is 0.500. The Kier molecular flexibility index (Phi) is 7.36. The third kappa shape index (κ3) is 5.53. The Labute approximate surface area is 118 Å². The van der Waals surface area contributed by atoms with Gasteiger partial charge < -0.3 is 14.8 Å². The van der Waals surface area contributed by atoms with E-state index < -0.39 is 0 Å². The lowest BCUT2D eigenvalue weighted by Crippen LogP contribution is -2.19. The Hall–Kier alpha value is -1.20. The lowest BCUT2D eigenvalue weighted by Gasteiger charge is -2.16. The second-order valence-electron chi connectivity index (χ2n) is 3.93. The van der Waals surface area contributed by atoms with Crippen LogP contribution in [-0.2, 0) is 9.53 Å². The van der Waals surface area contributed by atoms with E-state index >= 15 is 0 Å². The number of nitrogens with one attached hydrogen (secondary N) is 1. The second-order valence-corrected chi connectivity index (χ2v) is 4.96. The molecule has 1 unspecified atom stereocenters. The van der Waals surface area contributed by atoms with Gasteiger partial charge in [0.1, 0.15) is 5.75 Å². The summed E-state index contributed by atoms with van der Waals surface area (Å²) in [6.07, 6.45) is 0. The van der Waals surface area contributed by atoms with Gasteiger partial charge in [-0.15, -0.1) is 11.8 Å². The van der Waals surface area contributed by atoms with E-state index in [2.05, 4.69) is 5.32 Å². The lowest BCUT2D eigenvalue weighted by molar-refractivity contribution is -0.139. The predicted molar refractivity (Wildman–Crippen MR) is 78.8 cm³/mol. The van der Waals surface area contributed by atoms with Crippen molar-refractivity contribution in [1.82, 2.24) is 5.32 Å². The molecule has 106 valence electrons. The van der Waals surface area contributed by atoms with E-state index in [1.807, 2.05) is 38.2 Å². The Morgan fingerprint density at radius 1 is 1.37 bits per heavy atom. The van der Waals surface area contributed by atoms with Crippen LogP contribution in [0.1, 0.15) is 18.5 Å². The van der Waals surface area contributed by atoms with Crippen LogP contribution in [-0.4, -0.2) is 38.2 Å². The van der Waals surface area contributed by atoms with Crippen molar-refractivity contribution >= 4 is 17.7 Å². The minimum atomic E-state index is -0.155. The maximum absolute atomic E-state index is 11.3. The van der Waals surface area contributed by atoms with E-state index in [1.165, 1.54) is 5.56 Å². The highest BCUT2D eigenvalue weighted by molar-refractivity contribution is 7.99. The first-order valence-corrected chi connectivity index (χ1v) is 7.41. The smallest absolute Gasteiger partial charge is 0.315 e. The number of esters is 1. The molecule has 1 aromatic carbocycles. The third-order valence-corrected chi connectivity index (χ3v) is 3.69. The summed E-state index contributed by atoms with van der Waals surface area (Å²) in [5.74, 6) is 1.90. The van der Waals surface area contributed by atoms with Crippen LogP contribution in [0.4, 0.5) is 0 Å². The molecule has 1 N–H and O–H groups in total. The average Bonchev–Trinajstić information content (AvgIpc) is 2.44. The van der Waals surface area contributed by atoms with Gasteiger partial charge in [-0.25, -0.2) is 0 Å². The minimum absolute atomic E-state index is 0.155. The number of hydrogen-bond donors (Lipinski definition) is 1. The zero-order chi connectivity index (χ0) is 14.1. The van der Waals surface area contributed by atoms with Gasteiger partial charge in [0.25, 0.3) is 0 Å². The molecule has 0 saturated carbocycles. The molecule has 0 heterocycles. The van der Waals surface area contributed by atoms with Crippen LogP contribution in [0, 0.1) is 0 Å². The molecule has 1 aromatic rings. The van der Waals surface area contributed by atoms with Gasteiger partial charge in [-0.2, -0.15) is 0 Å². The molecule has 0 spiro atoms. The SMILES string of the molecule is CCOC(=O)CSCC(NC)c1ccc(OC)cc1. The first kappa shape index (κ1) is 15.9. The number of carbonyl (C=O) groups excluding carboxylic acids is 1. The first-order chi connectivity index (χ1) is 9.21. The number of hydrogen-bond acceptors (Lipinski definition) is 5. The first-order valence-electron chi connectivity index (χ1n) is 6.25. The van der Waals surface area contributed by atoms with Gasteiger partial charge in [0, 0.05) is 11.8 Å². The predicted octanol–water partition coefficient (Wildman–Crippen LogP) is 2.25. The summed E-state index contributed by atoms with van der Waals surface area (Å²) in [6.45, 7) is 2.25. The number of benzene rings is 1. The van der Waals surface area contributed by atoms with Gasteiger partial charge >= 0.3 is 5.97 Å². The molecule has 0 aromatic heterocycles. The summed E-state index contributed by atoms with van der Waals surface area (Å²) >= 11 is 1.57. The monoisotopic (exact) mass is 283 g/mol. The molecule has 5 heteroatoms. The summed E-state index contributed by atoms with van der Waals surface area (Å²) in [6, 6.07) is 8.16. The normalized spacial score (nSPS) is 11.9. The van der Waals surface area contributed by atoms with E-state index in [1.54, 1.807) is 18.9 Å².